The van der Waals surface area contributed by atoms with E-state index in [-0.39, 0.29) is 6.29 Å². The van der Waals surface area contributed by atoms with Crippen LogP contribution in [0.4, 0.5) is 5.69 Å². The monoisotopic (exact) mass is 587 g/mol. The van der Waals surface area contributed by atoms with Gasteiger partial charge in [0.1, 0.15) is 0 Å². The Morgan fingerprint density at radius 3 is 2.49 bits per heavy atom. The number of anilines is 1. The molecule has 1 aromatic heterocycles. The van der Waals surface area contributed by atoms with Crippen molar-refractivity contribution >= 4 is 28.8 Å². The van der Waals surface area contributed by atoms with Crippen molar-refractivity contribution in [3.8, 4) is 11.1 Å². The van der Waals surface area contributed by atoms with Gasteiger partial charge >= 0.3 is 5.97 Å². The number of carboxylic acids is 1. The maximum Gasteiger partial charge on any atom is 0.337 e. The van der Waals surface area contributed by atoms with Crippen molar-refractivity contribution in [2.24, 2.45) is 4.99 Å². The topological polar surface area (TPSA) is 91.6 Å². The van der Waals surface area contributed by atoms with Crippen LogP contribution < -0.4 is 10.2 Å². The highest BCUT2D eigenvalue weighted by Gasteiger charge is 2.37. The average Bonchev–Trinajstić information content (AvgIpc) is 3.28. The maximum absolute atomic E-state index is 12.9. The standard InChI is InChI=1S/C34H45N5O4/c1-21-10-12-24(13-11-21)28-26-18-22(2)38-15-16-39(33-35-19-25(20-36-33)42-17-9-14-37(7)8)29(30(26)38)23(3)27(28)31(32(40)41)43-34(4,5)6/h10-13,18-20,31,33,35H,9,14-17H2,1-8H3,(H,40,41)/t31-,33?/m0/s1. The molecule has 9 heteroatoms. The summed E-state index contributed by atoms with van der Waals surface area (Å²) in [6, 6.07) is 10.5. The van der Waals surface area contributed by atoms with Crippen molar-refractivity contribution in [2.75, 3.05) is 38.7 Å². The minimum atomic E-state index is -1.16. The number of aliphatic carboxylic acids is 1. The lowest BCUT2D eigenvalue weighted by molar-refractivity contribution is -0.160. The molecule has 2 aliphatic heterocycles. The third-order valence-corrected chi connectivity index (χ3v) is 8.01. The predicted molar refractivity (Wildman–Crippen MR) is 173 cm³/mol. The highest BCUT2D eigenvalue weighted by Crippen LogP contribution is 2.48. The Balaban J connectivity index is 1.63. The van der Waals surface area contributed by atoms with Gasteiger partial charge in [-0.25, -0.2) is 9.79 Å². The van der Waals surface area contributed by atoms with Gasteiger partial charge < -0.3 is 34.3 Å². The molecule has 0 aliphatic carbocycles. The smallest absolute Gasteiger partial charge is 0.337 e. The van der Waals surface area contributed by atoms with Crippen LogP contribution in [0, 0.1) is 20.8 Å². The minimum Gasteiger partial charge on any atom is -0.490 e. The first-order chi connectivity index (χ1) is 20.4. The summed E-state index contributed by atoms with van der Waals surface area (Å²) in [5, 5.41) is 15.0. The van der Waals surface area contributed by atoms with E-state index < -0.39 is 17.7 Å². The second-order valence-electron chi connectivity index (χ2n) is 12.8. The largest absolute Gasteiger partial charge is 0.490 e. The molecule has 0 spiro atoms. The van der Waals surface area contributed by atoms with Gasteiger partial charge in [-0.3, -0.25) is 0 Å². The van der Waals surface area contributed by atoms with Gasteiger partial charge in [-0.15, -0.1) is 0 Å². The number of rotatable bonds is 10. The molecule has 5 rings (SSSR count). The minimum absolute atomic E-state index is 0.357. The summed E-state index contributed by atoms with van der Waals surface area (Å²) in [6.45, 7) is 15.0. The molecule has 0 saturated carbocycles. The van der Waals surface area contributed by atoms with Crippen LogP contribution >= 0.6 is 0 Å². The van der Waals surface area contributed by atoms with Crippen LogP contribution in [0.2, 0.25) is 0 Å². The van der Waals surface area contributed by atoms with Gasteiger partial charge in [0.25, 0.3) is 0 Å². The molecule has 0 radical (unpaired) electrons. The van der Waals surface area contributed by atoms with Gasteiger partial charge in [-0.1, -0.05) is 29.8 Å². The van der Waals surface area contributed by atoms with E-state index in [1.54, 1.807) is 6.21 Å². The average molecular weight is 588 g/mol. The molecule has 0 bridgehead atoms. The second kappa shape index (κ2) is 12.1. The fourth-order valence-electron chi connectivity index (χ4n) is 6.11. The second-order valence-corrected chi connectivity index (χ2v) is 12.8. The molecular weight excluding hydrogens is 542 g/mol. The molecule has 2 aliphatic rings. The van der Waals surface area contributed by atoms with Gasteiger partial charge in [0.2, 0.25) is 0 Å². The first-order valence-electron chi connectivity index (χ1n) is 15.0. The summed E-state index contributed by atoms with van der Waals surface area (Å²) in [4.78, 5) is 22.2. The molecular formula is C34H45N5O4. The van der Waals surface area contributed by atoms with E-state index in [2.05, 4.69) is 78.0 Å². The van der Waals surface area contributed by atoms with Crippen LogP contribution in [-0.2, 0) is 20.8 Å². The third kappa shape index (κ3) is 6.28. The molecule has 230 valence electrons. The first kappa shape index (κ1) is 30.6. The summed E-state index contributed by atoms with van der Waals surface area (Å²) in [5.41, 5.74) is 7.12. The van der Waals surface area contributed by atoms with E-state index in [1.807, 2.05) is 33.9 Å². The summed E-state index contributed by atoms with van der Waals surface area (Å²) in [5.74, 6) is -0.308. The Morgan fingerprint density at radius 1 is 1.16 bits per heavy atom. The van der Waals surface area contributed by atoms with E-state index in [4.69, 9.17) is 14.5 Å². The van der Waals surface area contributed by atoms with Crippen molar-refractivity contribution in [1.29, 1.82) is 0 Å². The summed E-state index contributed by atoms with van der Waals surface area (Å²) < 4.78 is 14.6. The molecule has 1 unspecified atom stereocenters. The Hall–Kier alpha value is -3.82. The zero-order valence-electron chi connectivity index (χ0n) is 26.7. The quantitative estimate of drug-likeness (QED) is 0.292. The number of ether oxygens (including phenoxy) is 2. The molecule has 3 heterocycles. The van der Waals surface area contributed by atoms with Gasteiger partial charge in [-0.05, 0) is 84.8 Å². The molecule has 0 fully saturated rings. The van der Waals surface area contributed by atoms with Gasteiger partial charge in [0.05, 0.1) is 29.6 Å². The number of hydrogen-bond acceptors (Lipinski definition) is 7. The number of nitrogens with one attached hydrogen (secondary N) is 1. The number of aliphatic imine (C=N–C) groups is 1. The van der Waals surface area contributed by atoms with Crippen LogP contribution in [0.3, 0.4) is 0 Å². The fourth-order valence-corrected chi connectivity index (χ4v) is 6.11. The zero-order chi connectivity index (χ0) is 31.1. The summed E-state index contributed by atoms with van der Waals surface area (Å²) >= 11 is 0. The Labute approximate surface area is 254 Å². The molecule has 0 saturated heterocycles. The number of allylic oxidation sites excluding steroid dienone is 1. The molecule has 2 atom stereocenters. The fraction of sp³-hybridized carbons (Fsp3) is 0.471. The highest BCUT2D eigenvalue weighted by atomic mass is 16.5. The lowest BCUT2D eigenvalue weighted by Crippen LogP contribution is -2.48. The molecule has 43 heavy (non-hydrogen) atoms. The number of carbonyl (C=O) groups is 1. The number of nitrogens with zero attached hydrogens (tertiary/aromatic N) is 4. The molecule has 2 aromatic carbocycles. The van der Waals surface area contributed by atoms with Crippen LogP contribution in [-0.4, -0.2) is 72.4 Å². The van der Waals surface area contributed by atoms with Gasteiger partial charge in [-0.2, -0.15) is 0 Å². The van der Waals surface area contributed by atoms with Crippen LogP contribution in [0.25, 0.3) is 22.0 Å². The summed E-state index contributed by atoms with van der Waals surface area (Å²) in [6.07, 6.45) is 3.08. The number of hydrogen-bond donors (Lipinski definition) is 2. The molecule has 2 N–H and O–H groups in total. The third-order valence-electron chi connectivity index (χ3n) is 8.01. The van der Waals surface area contributed by atoms with Gasteiger partial charge in [0, 0.05) is 42.5 Å². The number of aromatic nitrogens is 1. The Kier molecular flexibility index (Phi) is 8.58. The molecule has 9 nitrogen and oxygen atoms in total. The van der Waals surface area contributed by atoms with E-state index >= 15 is 0 Å². The first-order valence-corrected chi connectivity index (χ1v) is 15.0. The van der Waals surface area contributed by atoms with Crippen molar-refractivity contribution in [3.05, 3.63) is 64.7 Å². The highest BCUT2D eigenvalue weighted by molar-refractivity contribution is 6.07. The van der Waals surface area contributed by atoms with Crippen molar-refractivity contribution < 1.29 is 19.4 Å². The van der Waals surface area contributed by atoms with Crippen LogP contribution in [0.5, 0.6) is 0 Å². The molecule has 3 aromatic rings. The number of aryl methyl sites for hydroxylation is 2. The Bertz CT molecular complexity index is 1560. The zero-order valence-corrected chi connectivity index (χ0v) is 26.7. The van der Waals surface area contributed by atoms with Crippen molar-refractivity contribution in [2.45, 2.75) is 72.5 Å². The van der Waals surface area contributed by atoms with Crippen molar-refractivity contribution in [1.82, 2.24) is 14.8 Å². The number of carboxylic acid groups (broad SMARTS) is 1. The van der Waals surface area contributed by atoms with E-state index in [1.165, 1.54) is 0 Å². The van der Waals surface area contributed by atoms with E-state index in [9.17, 15) is 9.90 Å². The molecule has 0 amide bonds. The maximum atomic E-state index is 12.9. The predicted octanol–water partition coefficient (Wildman–Crippen LogP) is 5.76. The SMILES string of the molecule is Cc1ccc(-c2c([C@H](OC(C)(C)C)C(=O)O)c(C)c3c4c2cc(C)n4CCN3C2N=CC(OCCCN(C)C)=CN2)cc1. The lowest BCUT2D eigenvalue weighted by Gasteiger charge is -2.39. The number of benzene rings is 2. The lowest BCUT2D eigenvalue weighted by atomic mass is 9.87. The summed E-state index contributed by atoms with van der Waals surface area (Å²) in [7, 11) is 4.10. The van der Waals surface area contributed by atoms with Gasteiger partial charge in [0.15, 0.2) is 18.2 Å². The van der Waals surface area contributed by atoms with Crippen LogP contribution in [0.15, 0.2) is 47.3 Å². The van der Waals surface area contributed by atoms with E-state index in [0.29, 0.717) is 24.5 Å². The Morgan fingerprint density at radius 2 is 1.88 bits per heavy atom. The van der Waals surface area contributed by atoms with Crippen LogP contribution in [0.1, 0.15) is 55.7 Å². The normalized spacial score (nSPS) is 17.3. The van der Waals surface area contributed by atoms with Crippen molar-refractivity contribution in [3.63, 3.8) is 0 Å². The van der Waals surface area contributed by atoms with E-state index in [0.717, 1.165) is 64.0 Å².